The summed E-state index contributed by atoms with van der Waals surface area (Å²) in [6, 6.07) is 10.1. The van der Waals surface area contributed by atoms with E-state index in [2.05, 4.69) is 0 Å². The van der Waals surface area contributed by atoms with Crippen LogP contribution in [0.15, 0.2) is 30.3 Å². The van der Waals surface area contributed by atoms with E-state index in [4.69, 9.17) is 5.11 Å². The van der Waals surface area contributed by atoms with Gasteiger partial charge in [0, 0.05) is 12.5 Å². The smallest absolute Gasteiger partial charge is 0.307 e. The van der Waals surface area contributed by atoms with Crippen LogP contribution in [0.5, 0.6) is 0 Å². The maximum absolute atomic E-state index is 12.5. The predicted octanol–water partition coefficient (Wildman–Crippen LogP) is 2.71. The Labute approximate surface area is 119 Å². The molecule has 4 heteroatoms. The maximum Gasteiger partial charge on any atom is 0.307 e. The van der Waals surface area contributed by atoms with Crippen molar-refractivity contribution < 1.29 is 14.7 Å². The SMILES string of the molecule is CC(C(=O)O)C(C)C(=O)N1CCCC1c1ccccc1. The Morgan fingerprint density at radius 3 is 2.45 bits per heavy atom. The number of carbonyl (C=O) groups is 2. The van der Waals surface area contributed by atoms with Gasteiger partial charge in [-0.2, -0.15) is 0 Å². The van der Waals surface area contributed by atoms with Crippen molar-refractivity contribution in [1.82, 2.24) is 4.90 Å². The zero-order valence-corrected chi connectivity index (χ0v) is 12.0. The molecule has 0 aromatic heterocycles. The number of carboxylic acids is 1. The van der Waals surface area contributed by atoms with Gasteiger partial charge in [0.1, 0.15) is 0 Å². The fraction of sp³-hybridized carbons (Fsp3) is 0.500. The molecular formula is C16H21NO3. The van der Waals surface area contributed by atoms with Crippen LogP contribution in [0, 0.1) is 11.8 Å². The summed E-state index contributed by atoms with van der Waals surface area (Å²) in [6.07, 6.45) is 1.92. The van der Waals surface area contributed by atoms with Crippen molar-refractivity contribution in [2.75, 3.05) is 6.54 Å². The highest BCUT2D eigenvalue weighted by Crippen LogP contribution is 2.33. The van der Waals surface area contributed by atoms with Crippen molar-refractivity contribution in [2.24, 2.45) is 11.8 Å². The number of nitrogens with zero attached hydrogens (tertiary/aromatic N) is 1. The third-order valence-corrected chi connectivity index (χ3v) is 4.25. The molecule has 0 bridgehead atoms. The van der Waals surface area contributed by atoms with Crippen LogP contribution in [0.25, 0.3) is 0 Å². The lowest BCUT2D eigenvalue weighted by atomic mass is 9.94. The fourth-order valence-electron chi connectivity index (χ4n) is 2.74. The molecule has 1 saturated heterocycles. The molecule has 2 rings (SSSR count). The average molecular weight is 275 g/mol. The van der Waals surface area contributed by atoms with E-state index < -0.39 is 17.8 Å². The van der Waals surface area contributed by atoms with Crippen molar-refractivity contribution in [3.05, 3.63) is 35.9 Å². The molecule has 3 unspecified atom stereocenters. The van der Waals surface area contributed by atoms with Crippen molar-refractivity contribution >= 4 is 11.9 Å². The van der Waals surface area contributed by atoms with E-state index in [0.717, 1.165) is 24.9 Å². The first-order chi connectivity index (χ1) is 9.52. The van der Waals surface area contributed by atoms with E-state index in [9.17, 15) is 9.59 Å². The summed E-state index contributed by atoms with van der Waals surface area (Å²) in [7, 11) is 0. The number of carboxylic acid groups (broad SMARTS) is 1. The summed E-state index contributed by atoms with van der Waals surface area (Å²) in [6.45, 7) is 4.02. The molecule has 1 aromatic carbocycles. The van der Waals surface area contributed by atoms with Gasteiger partial charge < -0.3 is 10.0 Å². The third kappa shape index (κ3) is 2.84. The number of benzene rings is 1. The Kier molecular flexibility index (Phi) is 4.42. The van der Waals surface area contributed by atoms with Gasteiger partial charge in [0.05, 0.1) is 12.0 Å². The molecule has 1 fully saturated rings. The fourth-order valence-corrected chi connectivity index (χ4v) is 2.74. The highest BCUT2D eigenvalue weighted by Gasteiger charge is 2.35. The number of rotatable bonds is 4. The Balaban J connectivity index is 2.15. The lowest BCUT2D eigenvalue weighted by molar-refractivity contribution is -0.149. The molecule has 1 N–H and O–H groups in total. The monoisotopic (exact) mass is 275 g/mol. The van der Waals surface area contributed by atoms with Crippen LogP contribution in [0.3, 0.4) is 0 Å². The van der Waals surface area contributed by atoms with E-state index in [1.807, 2.05) is 35.2 Å². The molecule has 108 valence electrons. The van der Waals surface area contributed by atoms with E-state index in [0.29, 0.717) is 0 Å². The molecule has 20 heavy (non-hydrogen) atoms. The Morgan fingerprint density at radius 2 is 1.85 bits per heavy atom. The largest absolute Gasteiger partial charge is 0.481 e. The number of aliphatic carboxylic acids is 1. The van der Waals surface area contributed by atoms with Crippen LogP contribution in [-0.2, 0) is 9.59 Å². The molecule has 1 amide bonds. The van der Waals surface area contributed by atoms with Gasteiger partial charge in [-0.25, -0.2) is 0 Å². The van der Waals surface area contributed by atoms with Crippen molar-refractivity contribution in [3.8, 4) is 0 Å². The van der Waals surface area contributed by atoms with Crippen LogP contribution in [0.1, 0.15) is 38.3 Å². The summed E-state index contributed by atoms with van der Waals surface area (Å²) < 4.78 is 0. The van der Waals surface area contributed by atoms with E-state index in [1.165, 1.54) is 0 Å². The van der Waals surface area contributed by atoms with E-state index >= 15 is 0 Å². The van der Waals surface area contributed by atoms with Gasteiger partial charge in [0.2, 0.25) is 5.91 Å². The predicted molar refractivity (Wildman–Crippen MR) is 76.1 cm³/mol. The van der Waals surface area contributed by atoms with Gasteiger partial charge in [-0.15, -0.1) is 0 Å². The lowest BCUT2D eigenvalue weighted by Crippen LogP contribution is -2.38. The first-order valence-electron chi connectivity index (χ1n) is 7.10. The van der Waals surface area contributed by atoms with Crippen LogP contribution in [-0.4, -0.2) is 28.4 Å². The van der Waals surface area contributed by atoms with Crippen LogP contribution in [0.4, 0.5) is 0 Å². The molecule has 1 aromatic rings. The molecule has 1 aliphatic rings. The molecule has 0 saturated carbocycles. The molecule has 1 aliphatic heterocycles. The molecule has 0 radical (unpaired) electrons. The number of likely N-dealkylation sites (tertiary alicyclic amines) is 1. The van der Waals surface area contributed by atoms with Gasteiger partial charge in [0.25, 0.3) is 0 Å². The second-order valence-corrected chi connectivity index (χ2v) is 5.52. The number of hydrogen-bond donors (Lipinski definition) is 1. The van der Waals surface area contributed by atoms with Crippen molar-refractivity contribution in [3.63, 3.8) is 0 Å². The van der Waals surface area contributed by atoms with Crippen molar-refractivity contribution in [1.29, 1.82) is 0 Å². The average Bonchev–Trinajstić information content (AvgIpc) is 2.95. The number of amides is 1. The first kappa shape index (κ1) is 14.6. The zero-order chi connectivity index (χ0) is 14.7. The van der Waals surface area contributed by atoms with Crippen LogP contribution >= 0.6 is 0 Å². The molecule has 4 nitrogen and oxygen atoms in total. The van der Waals surface area contributed by atoms with Gasteiger partial charge in [-0.1, -0.05) is 44.2 Å². The molecule has 1 heterocycles. The minimum atomic E-state index is -0.915. The number of carbonyl (C=O) groups excluding carboxylic acids is 1. The standard InChI is InChI=1S/C16H21NO3/c1-11(12(2)16(19)20)15(18)17-10-6-9-14(17)13-7-4-3-5-8-13/h3-5,7-8,11-12,14H,6,9-10H2,1-2H3,(H,19,20). The van der Waals surface area contributed by atoms with Gasteiger partial charge in [-0.05, 0) is 18.4 Å². The van der Waals surface area contributed by atoms with Gasteiger partial charge >= 0.3 is 5.97 Å². The normalized spacial score (nSPS) is 21.5. The minimum Gasteiger partial charge on any atom is -0.481 e. The number of hydrogen-bond acceptors (Lipinski definition) is 2. The second-order valence-electron chi connectivity index (χ2n) is 5.52. The van der Waals surface area contributed by atoms with E-state index in [1.54, 1.807) is 13.8 Å². The summed E-state index contributed by atoms with van der Waals surface area (Å²) in [5, 5.41) is 9.06. The van der Waals surface area contributed by atoms with Crippen molar-refractivity contribution in [2.45, 2.75) is 32.7 Å². The Hall–Kier alpha value is -1.84. The Bertz CT molecular complexity index is 486. The Morgan fingerprint density at radius 1 is 1.20 bits per heavy atom. The molecule has 3 atom stereocenters. The molecule has 0 spiro atoms. The summed E-state index contributed by atoms with van der Waals surface area (Å²) in [5.74, 6) is -2.11. The lowest BCUT2D eigenvalue weighted by Gasteiger charge is -2.29. The second kappa shape index (κ2) is 6.07. The molecular weight excluding hydrogens is 254 g/mol. The van der Waals surface area contributed by atoms with E-state index in [-0.39, 0.29) is 11.9 Å². The summed E-state index contributed by atoms with van der Waals surface area (Å²) in [5.41, 5.74) is 1.13. The third-order valence-electron chi connectivity index (χ3n) is 4.25. The van der Waals surface area contributed by atoms with Gasteiger partial charge in [0.15, 0.2) is 0 Å². The quantitative estimate of drug-likeness (QED) is 0.919. The highest BCUT2D eigenvalue weighted by atomic mass is 16.4. The summed E-state index contributed by atoms with van der Waals surface area (Å²) >= 11 is 0. The maximum atomic E-state index is 12.5. The minimum absolute atomic E-state index is 0.0498. The first-order valence-corrected chi connectivity index (χ1v) is 7.10. The highest BCUT2D eigenvalue weighted by molar-refractivity contribution is 5.84. The molecule has 0 aliphatic carbocycles. The van der Waals surface area contributed by atoms with Gasteiger partial charge in [-0.3, -0.25) is 9.59 Å². The van der Waals surface area contributed by atoms with Crippen LogP contribution < -0.4 is 0 Å². The van der Waals surface area contributed by atoms with Crippen LogP contribution in [0.2, 0.25) is 0 Å². The topological polar surface area (TPSA) is 57.6 Å². The summed E-state index contributed by atoms with van der Waals surface area (Å²) in [4.78, 5) is 25.4. The zero-order valence-electron chi connectivity index (χ0n) is 12.0.